The molecule has 0 aromatic rings. The zero-order valence-electron chi connectivity index (χ0n) is 28.7. The highest BCUT2D eigenvalue weighted by molar-refractivity contribution is 7.83. The third-order valence-corrected chi connectivity index (χ3v) is 15.0. The van der Waals surface area contributed by atoms with Gasteiger partial charge in [0, 0.05) is 23.8 Å². The van der Waals surface area contributed by atoms with E-state index in [4.69, 9.17) is 22.1 Å². The van der Waals surface area contributed by atoms with Gasteiger partial charge in [-0.1, -0.05) is 47.6 Å². The molecule has 5 rings (SSSR count). The van der Waals surface area contributed by atoms with E-state index in [0.29, 0.717) is 31.3 Å². The fourth-order valence-electron chi connectivity index (χ4n) is 11.6. The van der Waals surface area contributed by atoms with E-state index in [1.165, 1.54) is 6.92 Å². The molecule has 5 aliphatic rings. The Bertz CT molecular complexity index is 1330. The molecule has 0 heterocycles. The van der Waals surface area contributed by atoms with E-state index in [2.05, 4.69) is 21.8 Å². The number of allylic oxidation sites excluding steroid dienone is 2. The van der Waals surface area contributed by atoms with Crippen LogP contribution < -0.4 is 0 Å². The second kappa shape index (κ2) is 11.8. The fraction of sp³-hybridized carbons (Fsp3) is 0.806. The van der Waals surface area contributed by atoms with Crippen LogP contribution in [0.15, 0.2) is 23.3 Å². The number of thiol groups is 1. The number of esters is 2. The summed E-state index contributed by atoms with van der Waals surface area (Å²) in [6.45, 7) is 3.85. The smallest absolute Gasteiger partial charge is 0.333 e. The van der Waals surface area contributed by atoms with E-state index >= 15 is 0 Å². The van der Waals surface area contributed by atoms with Crippen molar-refractivity contribution >= 4 is 63.8 Å². The summed E-state index contributed by atoms with van der Waals surface area (Å²) < 4.78 is 10.9. The molecule has 0 spiro atoms. The van der Waals surface area contributed by atoms with Crippen molar-refractivity contribution in [1.82, 2.24) is 0 Å². The van der Waals surface area contributed by atoms with Gasteiger partial charge >= 0.3 is 11.9 Å². The third-order valence-electron chi connectivity index (χ3n) is 14.6. The summed E-state index contributed by atoms with van der Waals surface area (Å²) >= 11 is 5.03. The second-order valence-corrected chi connectivity index (χ2v) is 17.5. The molecule has 15 heteroatoms. The molecule has 46 heavy (non-hydrogen) atoms. The lowest BCUT2D eigenvalue weighted by Gasteiger charge is -2.74. The van der Waals surface area contributed by atoms with Crippen LogP contribution in [0, 0.1) is 23.2 Å². The molecule has 0 radical (unpaired) electrons. The van der Waals surface area contributed by atoms with E-state index in [9.17, 15) is 35.1 Å². The van der Waals surface area contributed by atoms with Gasteiger partial charge in [0.25, 0.3) is 0 Å². The first-order valence-electron chi connectivity index (χ1n) is 17.0. The van der Waals surface area contributed by atoms with Gasteiger partial charge in [-0.05, 0) is 61.5 Å². The summed E-state index contributed by atoms with van der Waals surface area (Å²) in [5.74, 6) is -1.67. The maximum absolute atomic E-state index is 13.1. The van der Waals surface area contributed by atoms with Gasteiger partial charge in [-0.2, -0.15) is 12.6 Å². The van der Waals surface area contributed by atoms with Crippen LogP contribution in [-0.4, -0.2) is 125 Å². The standard InChI is InChI=1S/C31H51B5O9S/c1-4-14(2)25(43)45-24-23(44-15(3)39)26(12-37)17(11-30(24,35)46)16-5-6-19-27(32)9-8-20(40)28(33,13-38)18(27)7-10-29(19,34)31(16,36)22(42)21(26)41/h4-5,17-24,37-38,40-42,46H,6-13,32-36H2,1-3H3/b14-4-/t17?,18?,19?,20-,21+,22-,23-,24-,26-,27+,28-,29-,30+,31+/m0/s1. The predicted molar refractivity (Wildman–Crippen MR) is 191 cm³/mol. The van der Waals surface area contributed by atoms with Gasteiger partial charge < -0.3 is 35.0 Å². The Morgan fingerprint density at radius 1 is 0.957 bits per heavy atom. The SMILES string of the molecule is B[C@]12CC[C@H](O)[C@](B)(CO)C1CC[C@]1(B)C2CC=C2C3C[C@@](B)(S)[C@@H](OC(=O)/C(C)=C\C)[C@H](OC(C)=O)[C@]3(CO)[C@H](O)[C@H](O)[C@]21B. The van der Waals surface area contributed by atoms with Crippen LogP contribution >= 0.6 is 12.6 Å². The Labute approximate surface area is 283 Å². The lowest BCUT2D eigenvalue weighted by molar-refractivity contribution is -0.244. The molecule has 250 valence electrons. The minimum absolute atomic E-state index is 0.0763. The van der Waals surface area contributed by atoms with Gasteiger partial charge in [0.1, 0.15) is 45.3 Å². The summed E-state index contributed by atoms with van der Waals surface area (Å²) in [7, 11) is 10.3. The second-order valence-electron chi connectivity index (χ2n) is 16.5. The molecule has 4 saturated carbocycles. The molecule has 3 unspecified atom stereocenters. The molecule has 4 fully saturated rings. The quantitative estimate of drug-likeness (QED) is 0.0620. The summed E-state index contributed by atoms with van der Waals surface area (Å²) in [5.41, 5.74) is -0.302. The molecule has 0 aromatic carbocycles. The number of hydrogen-bond acceptors (Lipinski definition) is 10. The minimum atomic E-state index is -1.57. The first-order chi connectivity index (χ1) is 21.3. The van der Waals surface area contributed by atoms with E-state index in [1.54, 1.807) is 19.9 Å². The van der Waals surface area contributed by atoms with Crippen molar-refractivity contribution < 1.29 is 44.6 Å². The highest BCUT2D eigenvalue weighted by Crippen LogP contribution is 2.81. The van der Waals surface area contributed by atoms with Gasteiger partial charge in [-0.15, -0.1) is 0 Å². The maximum Gasteiger partial charge on any atom is 0.333 e. The van der Waals surface area contributed by atoms with E-state index in [1.807, 2.05) is 23.5 Å². The van der Waals surface area contributed by atoms with E-state index < -0.39 is 81.0 Å². The molecule has 5 N–H and O–H groups in total. The first-order valence-corrected chi connectivity index (χ1v) is 17.4. The summed E-state index contributed by atoms with van der Waals surface area (Å²) in [4.78, 5) is 25.7. The number of aliphatic hydroxyl groups excluding tert-OH is 5. The van der Waals surface area contributed by atoms with Crippen LogP contribution in [0.2, 0.25) is 21.3 Å². The molecule has 9 nitrogen and oxygen atoms in total. The normalized spacial score (nSPS) is 51.8. The number of hydrogen-bond donors (Lipinski definition) is 6. The van der Waals surface area contributed by atoms with Crippen LogP contribution in [0.25, 0.3) is 0 Å². The number of carbonyl (C=O) groups excluding carboxylic acids is 2. The van der Waals surface area contributed by atoms with Crippen molar-refractivity contribution in [3.63, 3.8) is 0 Å². The van der Waals surface area contributed by atoms with Crippen LogP contribution in [0.4, 0.5) is 0 Å². The maximum atomic E-state index is 13.1. The molecule has 5 aliphatic carbocycles. The molecule has 0 bridgehead atoms. The summed E-state index contributed by atoms with van der Waals surface area (Å²) in [5, 5.41) is 55.4. The molecule has 0 aliphatic heterocycles. The Hall–Kier alpha value is -1.11. The Kier molecular flexibility index (Phi) is 9.24. The highest BCUT2D eigenvalue weighted by atomic mass is 32.1. The molecular weight excluding hydrogens is 602 g/mol. The monoisotopic (exact) mass is 654 g/mol. The first kappa shape index (κ1) is 36.2. The molecule has 0 saturated heterocycles. The topological polar surface area (TPSA) is 154 Å². The van der Waals surface area contributed by atoms with Crippen LogP contribution in [-0.2, 0) is 19.1 Å². The number of carbonyl (C=O) groups is 2. The Balaban J connectivity index is 1.67. The van der Waals surface area contributed by atoms with Crippen molar-refractivity contribution in [2.45, 2.75) is 116 Å². The van der Waals surface area contributed by atoms with Crippen LogP contribution in [0.1, 0.15) is 59.3 Å². The molecule has 0 aromatic heterocycles. The number of ether oxygens (including phenoxy) is 2. The van der Waals surface area contributed by atoms with Crippen LogP contribution in [0.3, 0.4) is 0 Å². The molecular formula is C31H51B5O9S. The minimum Gasteiger partial charge on any atom is -0.458 e. The van der Waals surface area contributed by atoms with Gasteiger partial charge in [-0.3, -0.25) is 4.79 Å². The average Bonchev–Trinajstić information content (AvgIpc) is 2.99. The lowest BCUT2D eigenvalue weighted by Crippen LogP contribution is -2.75. The van der Waals surface area contributed by atoms with Crippen molar-refractivity contribution in [1.29, 1.82) is 0 Å². The van der Waals surface area contributed by atoms with Crippen molar-refractivity contribution in [2.24, 2.45) is 23.2 Å². The zero-order valence-corrected chi connectivity index (χ0v) is 29.6. The predicted octanol–water partition coefficient (Wildman–Crippen LogP) is -2.54. The number of fused-ring (bicyclic) bond motifs is 7. The van der Waals surface area contributed by atoms with Crippen molar-refractivity contribution in [2.75, 3.05) is 13.2 Å². The van der Waals surface area contributed by atoms with Gasteiger partial charge in [0.05, 0.1) is 30.3 Å². The Morgan fingerprint density at radius 2 is 1.61 bits per heavy atom. The van der Waals surface area contributed by atoms with Crippen molar-refractivity contribution in [3.8, 4) is 0 Å². The Morgan fingerprint density at radius 3 is 2.17 bits per heavy atom. The van der Waals surface area contributed by atoms with Crippen LogP contribution in [0.5, 0.6) is 0 Å². The summed E-state index contributed by atoms with van der Waals surface area (Å²) in [6, 6.07) is 0. The number of aliphatic hydroxyl groups is 5. The van der Waals surface area contributed by atoms with Gasteiger partial charge in [-0.25, -0.2) is 4.79 Å². The van der Waals surface area contributed by atoms with Gasteiger partial charge in [0.15, 0.2) is 6.10 Å². The largest absolute Gasteiger partial charge is 0.458 e. The van der Waals surface area contributed by atoms with Crippen molar-refractivity contribution in [3.05, 3.63) is 23.3 Å². The molecule has 14 atom stereocenters. The van der Waals surface area contributed by atoms with E-state index in [0.717, 1.165) is 18.4 Å². The zero-order chi connectivity index (χ0) is 34.4. The fourth-order valence-corrected chi connectivity index (χ4v) is 12.0. The lowest BCUT2D eigenvalue weighted by atomic mass is 9.21. The van der Waals surface area contributed by atoms with Gasteiger partial charge in [0.2, 0.25) is 0 Å². The molecule has 0 amide bonds. The highest BCUT2D eigenvalue weighted by Gasteiger charge is 2.76. The van der Waals surface area contributed by atoms with E-state index in [-0.39, 0.29) is 23.8 Å². The average molecular weight is 654 g/mol. The third kappa shape index (κ3) is 4.60. The number of rotatable bonds is 5. The summed E-state index contributed by atoms with van der Waals surface area (Å²) in [6.07, 6.45) is 1.74.